The molecule has 0 heterocycles. The number of hydrogen-bond donors (Lipinski definition) is 2. The molecule has 0 amide bonds. The summed E-state index contributed by atoms with van der Waals surface area (Å²) in [7, 11) is -3.72. The molecule has 0 unspecified atom stereocenters. The highest BCUT2D eigenvalue weighted by atomic mass is 79.9. The first-order chi connectivity index (χ1) is 8.71. The Kier molecular flexibility index (Phi) is 5.81. The summed E-state index contributed by atoms with van der Waals surface area (Å²) in [6.07, 6.45) is 0. The molecular formula is C11H16Br2N2O3S. The molecule has 0 spiro atoms. The number of anilines is 1. The minimum atomic E-state index is -3.72. The van der Waals surface area contributed by atoms with Gasteiger partial charge in [-0.25, -0.2) is 8.42 Å². The summed E-state index contributed by atoms with van der Waals surface area (Å²) in [6.45, 7) is 3.32. The molecule has 108 valence electrons. The summed E-state index contributed by atoms with van der Waals surface area (Å²) in [6, 6.07) is 2.82. The number of rotatable bonds is 5. The molecule has 0 aliphatic rings. The fraction of sp³-hybridized carbons (Fsp3) is 0.455. The largest absolute Gasteiger partial charge is 0.399 e. The Hall–Kier alpha value is -0.150. The maximum atomic E-state index is 12.6. The van der Waals surface area contributed by atoms with E-state index in [4.69, 9.17) is 10.8 Å². The van der Waals surface area contributed by atoms with Crippen molar-refractivity contribution in [3.8, 4) is 0 Å². The van der Waals surface area contributed by atoms with E-state index < -0.39 is 10.0 Å². The van der Waals surface area contributed by atoms with E-state index in [0.29, 0.717) is 14.6 Å². The molecule has 0 aromatic heterocycles. The average Bonchev–Trinajstić information content (AvgIpc) is 2.22. The van der Waals surface area contributed by atoms with Gasteiger partial charge in [-0.2, -0.15) is 4.31 Å². The third-order valence-electron chi connectivity index (χ3n) is 2.48. The zero-order chi connectivity index (χ0) is 14.8. The number of nitrogens with two attached hydrogens (primary N) is 1. The number of benzene rings is 1. The molecule has 0 aliphatic carbocycles. The quantitative estimate of drug-likeness (QED) is 0.722. The van der Waals surface area contributed by atoms with Crippen LogP contribution < -0.4 is 5.73 Å². The molecule has 1 aromatic rings. The third-order valence-corrected chi connectivity index (χ3v) is 6.44. The lowest BCUT2D eigenvalue weighted by Gasteiger charge is -2.26. The molecule has 0 saturated carbocycles. The lowest BCUT2D eigenvalue weighted by atomic mass is 10.3. The standard InChI is InChI=1S/C11H16Br2N2O3S/c1-7(2)15(3-4-16)19(17,18)11-9(12)5-8(14)6-10(11)13/h5-7,16H,3-4,14H2,1-2H3. The normalized spacial score (nSPS) is 12.4. The first kappa shape index (κ1) is 16.9. The molecule has 5 nitrogen and oxygen atoms in total. The highest BCUT2D eigenvalue weighted by Crippen LogP contribution is 2.34. The summed E-state index contributed by atoms with van der Waals surface area (Å²) in [5, 5.41) is 9.03. The van der Waals surface area contributed by atoms with E-state index in [2.05, 4.69) is 31.9 Å². The van der Waals surface area contributed by atoms with Gasteiger partial charge in [0.2, 0.25) is 10.0 Å². The second kappa shape index (κ2) is 6.53. The van der Waals surface area contributed by atoms with E-state index >= 15 is 0 Å². The van der Waals surface area contributed by atoms with Gasteiger partial charge in [0, 0.05) is 27.2 Å². The summed E-state index contributed by atoms with van der Waals surface area (Å²) in [5.74, 6) is 0. The Morgan fingerprint density at radius 2 is 1.79 bits per heavy atom. The summed E-state index contributed by atoms with van der Waals surface area (Å²) in [5.41, 5.74) is 6.11. The second-order valence-electron chi connectivity index (χ2n) is 4.25. The molecule has 1 rings (SSSR count). The van der Waals surface area contributed by atoms with Crippen LogP contribution in [0.15, 0.2) is 26.0 Å². The number of nitrogens with zero attached hydrogens (tertiary/aromatic N) is 1. The monoisotopic (exact) mass is 414 g/mol. The van der Waals surface area contributed by atoms with Crippen LogP contribution in [0.3, 0.4) is 0 Å². The van der Waals surface area contributed by atoms with Gasteiger partial charge in [-0.3, -0.25) is 0 Å². The SMILES string of the molecule is CC(C)N(CCO)S(=O)(=O)c1c(Br)cc(N)cc1Br. The van der Waals surface area contributed by atoms with E-state index in [0.717, 1.165) is 0 Å². The van der Waals surface area contributed by atoms with Gasteiger partial charge < -0.3 is 10.8 Å². The summed E-state index contributed by atoms with van der Waals surface area (Å²) < 4.78 is 27.3. The van der Waals surface area contributed by atoms with Crippen LogP contribution >= 0.6 is 31.9 Å². The van der Waals surface area contributed by atoms with Crippen molar-refractivity contribution in [2.75, 3.05) is 18.9 Å². The molecule has 0 saturated heterocycles. The number of sulfonamides is 1. The zero-order valence-corrected chi connectivity index (χ0v) is 14.6. The fourth-order valence-electron chi connectivity index (χ4n) is 1.70. The molecule has 8 heteroatoms. The Bertz CT molecular complexity index is 538. The number of halogens is 2. The molecule has 0 bridgehead atoms. The molecule has 0 radical (unpaired) electrons. The molecule has 0 fully saturated rings. The molecule has 3 N–H and O–H groups in total. The van der Waals surface area contributed by atoms with Crippen LogP contribution in [0.5, 0.6) is 0 Å². The minimum Gasteiger partial charge on any atom is -0.399 e. The predicted octanol–water partition coefficient (Wildman–Crippen LogP) is 2.19. The van der Waals surface area contributed by atoms with Crippen LogP contribution in [0.1, 0.15) is 13.8 Å². The van der Waals surface area contributed by atoms with Gasteiger partial charge in [0.1, 0.15) is 4.90 Å². The second-order valence-corrected chi connectivity index (χ2v) is 7.78. The Balaban J connectivity index is 3.42. The fourth-order valence-corrected chi connectivity index (χ4v) is 5.87. The van der Waals surface area contributed by atoms with Gasteiger partial charge in [-0.1, -0.05) is 0 Å². The number of aliphatic hydroxyl groups is 1. The summed E-state index contributed by atoms with van der Waals surface area (Å²) in [4.78, 5) is 0.115. The Morgan fingerprint density at radius 3 is 2.16 bits per heavy atom. The number of nitrogen functional groups attached to an aromatic ring is 1. The molecule has 0 atom stereocenters. The molecule has 19 heavy (non-hydrogen) atoms. The van der Waals surface area contributed by atoms with Crippen molar-refractivity contribution < 1.29 is 13.5 Å². The minimum absolute atomic E-state index is 0.0449. The lowest BCUT2D eigenvalue weighted by Crippen LogP contribution is -2.39. The van der Waals surface area contributed by atoms with Crippen LogP contribution in [-0.2, 0) is 10.0 Å². The van der Waals surface area contributed by atoms with Crippen molar-refractivity contribution in [2.24, 2.45) is 0 Å². The summed E-state index contributed by atoms with van der Waals surface area (Å²) >= 11 is 6.45. The van der Waals surface area contributed by atoms with Gasteiger partial charge in [0.15, 0.2) is 0 Å². The topological polar surface area (TPSA) is 83.6 Å². The average molecular weight is 416 g/mol. The van der Waals surface area contributed by atoms with Crippen molar-refractivity contribution in [3.63, 3.8) is 0 Å². The van der Waals surface area contributed by atoms with E-state index in [1.165, 1.54) is 16.4 Å². The van der Waals surface area contributed by atoms with Crippen molar-refractivity contribution >= 4 is 47.6 Å². The van der Waals surface area contributed by atoms with Gasteiger partial charge in [0.25, 0.3) is 0 Å². The van der Waals surface area contributed by atoms with Crippen molar-refractivity contribution in [1.82, 2.24) is 4.31 Å². The van der Waals surface area contributed by atoms with Gasteiger partial charge >= 0.3 is 0 Å². The van der Waals surface area contributed by atoms with Crippen LogP contribution in [0.4, 0.5) is 5.69 Å². The molecule has 0 aliphatic heterocycles. The highest BCUT2D eigenvalue weighted by molar-refractivity contribution is 9.11. The smallest absolute Gasteiger partial charge is 0.245 e. The lowest BCUT2D eigenvalue weighted by molar-refractivity contribution is 0.236. The van der Waals surface area contributed by atoms with Crippen molar-refractivity contribution in [2.45, 2.75) is 24.8 Å². The van der Waals surface area contributed by atoms with E-state index in [9.17, 15) is 8.42 Å². The molecule has 1 aromatic carbocycles. The number of aliphatic hydroxyl groups excluding tert-OH is 1. The first-order valence-corrected chi connectivity index (χ1v) is 8.61. The first-order valence-electron chi connectivity index (χ1n) is 5.59. The van der Waals surface area contributed by atoms with Crippen molar-refractivity contribution in [3.05, 3.63) is 21.1 Å². The van der Waals surface area contributed by atoms with E-state index in [-0.39, 0.29) is 24.1 Å². The Labute approximate surface area is 130 Å². The number of hydrogen-bond acceptors (Lipinski definition) is 4. The maximum absolute atomic E-state index is 12.6. The van der Waals surface area contributed by atoms with Gasteiger partial charge in [0.05, 0.1) is 6.61 Å². The maximum Gasteiger partial charge on any atom is 0.245 e. The van der Waals surface area contributed by atoms with Crippen LogP contribution in [0.25, 0.3) is 0 Å². The van der Waals surface area contributed by atoms with Crippen molar-refractivity contribution in [1.29, 1.82) is 0 Å². The zero-order valence-electron chi connectivity index (χ0n) is 10.6. The van der Waals surface area contributed by atoms with Crippen LogP contribution in [-0.4, -0.2) is 37.0 Å². The molecular weight excluding hydrogens is 400 g/mol. The van der Waals surface area contributed by atoms with Crippen LogP contribution in [0, 0.1) is 0 Å². The highest BCUT2D eigenvalue weighted by Gasteiger charge is 2.30. The Morgan fingerprint density at radius 1 is 1.32 bits per heavy atom. The third kappa shape index (κ3) is 3.69. The van der Waals surface area contributed by atoms with E-state index in [1.54, 1.807) is 13.8 Å². The predicted molar refractivity (Wildman–Crippen MR) is 82.4 cm³/mol. The van der Waals surface area contributed by atoms with Crippen LogP contribution in [0.2, 0.25) is 0 Å². The van der Waals surface area contributed by atoms with Gasteiger partial charge in [-0.05, 0) is 57.8 Å². The van der Waals surface area contributed by atoms with Gasteiger partial charge in [-0.15, -0.1) is 0 Å². The van der Waals surface area contributed by atoms with E-state index in [1.807, 2.05) is 0 Å².